The Morgan fingerprint density at radius 1 is 0.886 bits per heavy atom. The summed E-state index contributed by atoms with van der Waals surface area (Å²) in [5, 5.41) is 10.3. The molecule has 4 aromatic rings. The molecule has 3 aromatic carbocycles. The van der Waals surface area contributed by atoms with Crippen LogP contribution in [-0.2, 0) is 13.2 Å². The fourth-order valence-electron chi connectivity index (χ4n) is 3.83. The van der Waals surface area contributed by atoms with Gasteiger partial charge in [0.15, 0.2) is 0 Å². The summed E-state index contributed by atoms with van der Waals surface area (Å²) in [6.45, 7) is 4.60. The summed E-state index contributed by atoms with van der Waals surface area (Å²) in [4.78, 5) is 25.1. The largest absolute Gasteiger partial charge is 0.489 e. The van der Waals surface area contributed by atoms with Gasteiger partial charge in [-0.1, -0.05) is 48.5 Å². The Hall–Kier alpha value is -4.39. The average Bonchev–Trinajstić information content (AvgIpc) is 3.15. The van der Waals surface area contributed by atoms with E-state index in [2.05, 4.69) is 15.7 Å². The zero-order chi connectivity index (χ0) is 24.8. The molecule has 178 valence electrons. The van der Waals surface area contributed by atoms with Crippen LogP contribution in [0.3, 0.4) is 0 Å². The second-order valence-corrected chi connectivity index (χ2v) is 8.19. The normalized spacial score (nSPS) is 10.6. The van der Waals surface area contributed by atoms with Gasteiger partial charge < -0.3 is 15.4 Å². The van der Waals surface area contributed by atoms with Crippen molar-refractivity contribution in [2.45, 2.75) is 27.0 Å². The zero-order valence-electron chi connectivity index (χ0n) is 20.0. The van der Waals surface area contributed by atoms with E-state index < -0.39 is 0 Å². The third kappa shape index (κ3) is 5.58. The number of hydrogen-bond donors (Lipinski definition) is 2. The third-order valence-electron chi connectivity index (χ3n) is 5.79. The van der Waals surface area contributed by atoms with Gasteiger partial charge in [-0.15, -0.1) is 0 Å². The van der Waals surface area contributed by atoms with Crippen molar-refractivity contribution >= 4 is 17.5 Å². The summed E-state index contributed by atoms with van der Waals surface area (Å²) >= 11 is 0. The van der Waals surface area contributed by atoms with Gasteiger partial charge >= 0.3 is 0 Å². The molecule has 7 nitrogen and oxygen atoms in total. The molecule has 2 amide bonds. The van der Waals surface area contributed by atoms with Crippen LogP contribution in [0.2, 0.25) is 0 Å². The number of aromatic nitrogens is 2. The highest BCUT2D eigenvalue weighted by Crippen LogP contribution is 2.22. The molecule has 0 aliphatic carbocycles. The Balaban J connectivity index is 1.44. The first-order chi connectivity index (χ1) is 17.0. The van der Waals surface area contributed by atoms with E-state index in [1.54, 1.807) is 29.9 Å². The molecule has 0 aliphatic heterocycles. The van der Waals surface area contributed by atoms with Gasteiger partial charge in [-0.3, -0.25) is 14.3 Å². The van der Waals surface area contributed by atoms with Crippen LogP contribution in [0.15, 0.2) is 78.9 Å². The maximum Gasteiger partial charge on any atom is 0.255 e. The average molecular weight is 469 g/mol. The number of carbonyl (C=O) groups excluding carboxylic acids is 2. The number of amides is 2. The van der Waals surface area contributed by atoms with Gasteiger partial charge in [0.05, 0.1) is 23.6 Å². The number of benzene rings is 3. The quantitative estimate of drug-likeness (QED) is 0.391. The fraction of sp³-hybridized carbons (Fsp3) is 0.179. The topological polar surface area (TPSA) is 85.3 Å². The lowest BCUT2D eigenvalue weighted by Gasteiger charge is -2.11. The van der Waals surface area contributed by atoms with E-state index in [1.165, 1.54) is 0 Å². The summed E-state index contributed by atoms with van der Waals surface area (Å²) < 4.78 is 7.57. The number of nitrogens with zero attached hydrogens (tertiary/aromatic N) is 2. The van der Waals surface area contributed by atoms with Crippen LogP contribution in [0.1, 0.15) is 43.2 Å². The predicted molar refractivity (Wildman–Crippen MR) is 136 cm³/mol. The Kier molecular flexibility index (Phi) is 7.26. The zero-order valence-corrected chi connectivity index (χ0v) is 20.0. The number of ether oxygens (including phenoxy) is 1. The Labute approximate surface area is 204 Å². The Bertz CT molecular complexity index is 1330. The first-order valence-electron chi connectivity index (χ1n) is 11.4. The number of anilines is 1. The minimum absolute atomic E-state index is 0.145. The predicted octanol–water partition coefficient (Wildman–Crippen LogP) is 4.74. The molecule has 2 N–H and O–H groups in total. The van der Waals surface area contributed by atoms with Gasteiger partial charge in [0.25, 0.3) is 11.8 Å². The summed E-state index contributed by atoms with van der Waals surface area (Å²) in [7, 11) is 1.61. The molecule has 0 radical (unpaired) electrons. The van der Waals surface area contributed by atoms with Gasteiger partial charge in [0, 0.05) is 18.2 Å². The van der Waals surface area contributed by atoms with Crippen molar-refractivity contribution in [2.75, 3.05) is 12.4 Å². The van der Waals surface area contributed by atoms with E-state index in [1.807, 2.05) is 74.5 Å². The molecule has 0 fully saturated rings. The Morgan fingerprint density at radius 3 is 2.29 bits per heavy atom. The van der Waals surface area contributed by atoms with Crippen LogP contribution in [0.5, 0.6) is 5.75 Å². The summed E-state index contributed by atoms with van der Waals surface area (Å²) in [5.41, 5.74) is 5.17. The van der Waals surface area contributed by atoms with Gasteiger partial charge in [-0.05, 0) is 55.3 Å². The SMILES string of the molecule is CNC(=O)c1ccccc1Cn1nc(C)c(NC(=O)c2ccc(COc3ccccc3)cc2)c1C. The maximum absolute atomic E-state index is 12.9. The smallest absolute Gasteiger partial charge is 0.255 e. The lowest BCUT2D eigenvalue weighted by atomic mass is 10.1. The maximum atomic E-state index is 12.9. The fourth-order valence-corrected chi connectivity index (χ4v) is 3.83. The second kappa shape index (κ2) is 10.7. The van der Waals surface area contributed by atoms with Crippen LogP contribution >= 0.6 is 0 Å². The van der Waals surface area contributed by atoms with E-state index >= 15 is 0 Å². The number of nitrogens with one attached hydrogen (secondary N) is 2. The minimum Gasteiger partial charge on any atom is -0.489 e. The molecule has 0 aliphatic rings. The lowest BCUT2D eigenvalue weighted by molar-refractivity contribution is 0.0961. The highest BCUT2D eigenvalue weighted by atomic mass is 16.5. The van der Waals surface area contributed by atoms with Crippen molar-refractivity contribution in [3.05, 3.63) is 113 Å². The molecule has 0 spiro atoms. The molecule has 0 saturated heterocycles. The van der Waals surface area contributed by atoms with E-state index in [-0.39, 0.29) is 11.8 Å². The van der Waals surface area contributed by atoms with Crippen LogP contribution in [-0.4, -0.2) is 28.6 Å². The van der Waals surface area contributed by atoms with Crippen LogP contribution in [0, 0.1) is 13.8 Å². The van der Waals surface area contributed by atoms with Crippen molar-refractivity contribution in [2.24, 2.45) is 0 Å². The van der Waals surface area contributed by atoms with E-state index in [0.717, 1.165) is 22.6 Å². The number of aryl methyl sites for hydroxylation is 1. The first-order valence-corrected chi connectivity index (χ1v) is 11.4. The monoisotopic (exact) mass is 468 g/mol. The molecule has 35 heavy (non-hydrogen) atoms. The van der Waals surface area contributed by atoms with Crippen LogP contribution < -0.4 is 15.4 Å². The van der Waals surface area contributed by atoms with Crippen molar-refractivity contribution in [1.82, 2.24) is 15.1 Å². The number of hydrogen-bond acceptors (Lipinski definition) is 4. The molecule has 0 bridgehead atoms. The standard InChI is InChI=1S/C28H28N4O3/c1-19-26(20(2)32(31-19)17-23-9-7-8-12-25(23)28(34)29-3)30-27(33)22-15-13-21(14-16-22)18-35-24-10-5-4-6-11-24/h4-16H,17-18H2,1-3H3,(H,29,34)(H,30,33). The van der Waals surface area contributed by atoms with E-state index in [4.69, 9.17) is 4.74 Å². The van der Waals surface area contributed by atoms with Crippen molar-refractivity contribution in [3.8, 4) is 5.75 Å². The number of carbonyl (C=O) groups is 2. The van der Waals surface area contributed by atoms with Crippen LogP contribution in [0.4, 0.5) is 5.69 Å². The summed E-state index contributed by atoms with van der Waals surface area (Å²) in [5.74, 6) is 0.445. The highest BCUT2D eigenvalue weighted by Gasteiger charge is 2.17. The molecular formula is C28H28N4O3. The molecule has 0 atom stereocenters. The van der Waals surface area contributed by atoms with Gasteiger partial charge in [-0.25, -0.2) is 0 Å². The van der Waals surface area contributed by atoms with Gasteiger partial charge in [0.2, 0.25) is 0 Å². The number of rotatable bonds is 8. The molecule has 4 rings (SSSR count). The van der Waals surface area contributed by atoms with Crippen molar-refractivity contribution < 1.29 is 14.3 Å². The Morgan fingerprint density at radius 2 is 1.57 bits per heavy atom. The number of para-hydroxylation sites is 1. The summed E-state index contributed by atoms with van der Waals surface area (Å²) in [6, 6.07) is 24.4. The van der Waals surface area contributed by atoms with Crippen molar-refractivity contribution in [1.29, 1.82) is 0 Å². The van der Waals surface area contributed by atoms with E-state index in [9.17, 15) is 9.59 Å². The first kappa shape index (κ1) is 23.8. The molecule has 1 heterocycles. The minimum atomic E-state index is -0.211. The highest BCUT2D eigenvalue weighted by molar-refractivity contribution is 6.04. The molecule has 0 saturated carbocycles. The second-order valence-electron chi connectivity index (χ2n) is 8.19. The van der Waals surface area contributed by atoms with Crippen LogP contribution in [0.25, 0.3) is 0 Å². The van der Waals surface area contributed by atoms with Gasteiger partial charge in [-0.2, -0.15) is 5.10 Å². The van der Waals surface area contributed by atoms with E-state index in [0.29, 0.717) is 35.7 Å². The molecule has 1 aromatic heterocycles. The van der Waals surface area contributed by atoms with Crippen molar-refractivity contribution in [3.63, 3.8) is 0 Å². The molecular weight excluding hydrogens is 440 g/mol. The molecule has 7 heteroatoms. The lowest BCUT2D eigenvalue weighted by Crippen LogP contribution is -2.20. The summed E-state index contributed by atoms with van der Waals surface area (Å²) in [6.07, 6.45) is 0. The third-order valence-corrected chi connectivity index (χ3v) is 5.79. The van der Waals surface area contributed by atoms with Gasteiger partial charge in [0.1, 0.15) is 12.4 Å². The molecule has 0 unspecified atom stereocenters.